The van der Waals surface area contributed by atoms with E-state index in [0.29, 0.717) is 17.0 Å². The lowest BCUT2D eigenvalue weighted by Gasteiger charge is -2.23. The lowest BCUT2D eigenvalue weighted by molar-refractivity contribution is 0.100. The van der Waals surface area contributed by atoms with E-state index in [1.54, 1.807) is 19.4 Å². The Kier molecular flexibility index (Phi) is 4.64. The summed E-state index contributed by atoms with van der Waals surface area (Å²) in [6.07, 6.45) is 1.71. The number of nitrogens with zero attached hydrogens (tertiary/aromatic N) is 1. The van der Waals surface area contributed by atoms with Crippen molar-refractivity contribution in [3.63, 3.8) is 0 Å². The zero-order valence-corrected chi connectivity index (χ0v) is 15.1. The minimum atomic E-state index is -0.470. The maximum Gasteiger partial charge on any atom is 0.250 e. The van der Waals surface area contributed by atoms with Crippen LogP contribution >= 0.6 is 0 Å². The summed E-state index contributed by atoms with van der Waals surface area (Å²) in [5, 5.41) is 8.00. The van der Waals surface area contributed by atoms with Crippen molar-refractivity contribution in [2.75, 3.05) is 25.5 Å². The van der Waals surface area contributed by atoms with Crippen LogP contribution in [0.15, 0.2) is 54.7 Å². The summed E-state index contributed by atoms with van der Waals surface area (Å²) in [6.45, 7) is 1.74. The number of carbonyl (C=O) groups is 1. The Morgan fingerprint density at radius 1 is 1.22 bits per heavy atom. The SMILES string of the molecule is COc1cccc(C2CNCC2Nc2ccnc3c(C(N)=O)cccc23)c1. The Morgan fingerprint density at radius 2 is 2.07 bits per heavy atom. The molecule has 2 atom stereocenters. The average molecular weight is 362 g/mol. The molecule has 0 bridgehead atoms. The first kappa shape index (κ1) is 17.3. The Bertz CT molecular complexity index is 989. The largest absolute Gasteiger partial charge is 0.497 e. The Hall–Kier alpha value is -3.12. The summed E-state index contributed by atoms with van der Waals surface area (Å²) in [7, 11) is 1.68. The van der Waals surface area contributed by atoms with Gasteiger partial charge in [-0.15, -0.1) is 0 Å². The Labute approximate surface area is 157 Å². The van der Waals surface area contributed by atoms with Crippen molar-refractivity contribution in [1.82, 2.24) is 10.3 Å². The molecular formula is C21H22N4O2. The first-order chi connectivity index (χ1) is 13.2. The summed E-state index contributed by atoms with van der Waals surface area (Å²) >= 11 is 0. The van der Waals surface area contributed by atoms with Crippen LogP contribution in [0.25, 0.3) is 10.9 Å². The normalized spacial score (nSPS) is 19.1. The first-order valence-corrected chi connectivity index (χ1v) is 8.96. The molecule has 1 aliphatic rings. The number of ether oxygens (including phenoxy) is 1. The van der Waals surface area contributed by atoms with Crippen molar-refractivity contribution in [2.24, 2.45) is 5.73 Å². The molecule has 4 rings (SSSR count). The number of anilines is 1. The van der Waals surface area contributed by atoms with E-state index in [1.807, 2.05) is 30.3 Å². The van der Waals surface area contributed by atoms with Gasteiger partial charge in [0.25, 0.3) is 5.91 Å². The highest BCUT2D eigenvalue weighted by Crippen LogP contribution is 2.31. The van der Waals surface area contributed by atoms with Crippen LogP contribution < -0.4 is 21.1 Å². The van der Waals surface area contributed by atoms with Gasteiger partial charge in [0.05, 0.1) is 18.2 Å². The van der Waals surface area contributed by atoms with Crippen molar-refractivity contribution in [3.8, 4) is 5.75 Å². The van der Waals surface area contributed by atoms with Crippen LogP contribution in [0.5, 0.6) is 5.75 Å². The summed E-state index contributed by atoms with van der Waals surface area (Å²) in [5.74, 6) is 0.697. The molecule has 2 aromatic carbocycles. The number of methoxy groups -OCH3 is 1. The zero-order valence-electron chi connectivity index (χ0n) is 15.1. The molecule has 0 radical (unpaired) electrons. The van der Waals surface area contributed by atoms with Gasteiger partial charge in [0.1, 0.15) is 5.75 Å². The first-order valence-electron chi connectivity index (χ1n) is 8.96. The number of aromatic nitrogens is 1. The topological polar surface area (TPSA) is 89.3 Å². The van der Waals surface area contributed by atoms with Crippen molar-refractivity contribution in [1.29, 1.82) is 0 Å². The molecule has 1 fully saturated rings. The Morgan fingerprint density at radius 3 is 2.89 bits per heavy atom. The smallest absolute Gasteiger partial charge is 0.250 e. The maximum absolute atomic E-state index is 11.7. The van der Waals surface area contributed by atoms with Gasteiger partial charge in [-0.3, -0.25) is 9.78 Å². The molecule has 4 N–H and O–H groups in total. The molecular weight excluding hydrogens is 340 g/mol. The summed E-state index contributed by atoms with van der Waals surface area (Å²) in [6, 6.07) is 15.8. The second-order valence-corrected chi connectivity index (χ2v) is 6.72. The number of pyridine rings is 1. The molecule has 6 heteroatoms. The second-order valence-electron chi connectivity index (χ2n) is 6.72. The third-order valence-corrected chi connectivity index (χ3v) is 5.11. The van der Waals surface area contributed by atoms with E-state index in [4.69, 9.17) is 10.5 Å². The van der Waals surface area contributed by atoms with Crippen molar-refractivity contribution < 1.29 is 9.53 Å². The van der Waals surface area contributed by atoms with E-state index in [0.717, 1.165) is 29.9 Å². The van der Waals surface area contributed by atoms with Gasteiger partial charge in [0.15, 0.2) is 0 Å². The number of hydrogen-bond acceptors (Lipinski definition) is 5. The van der Waals surface area contributed by atoms with E-state index in [1.165, 1.54) is 5.56 Å². The number of carbonyl (C=O) groups excluding carboxylic acids is 1. The fourth-order valence-corrected chi connectivity index (χ4v) is 3.75. The Balaban J connectivity index is 1.67. The second kappa shape index (κ2) is 7.25. The number of amides is 1. The number of hydrogen-bond donors (Lipinski definition) is 3. The number of benzene rings is 2. The molecule has 138 valence electrons. The summed E-state index contributed by atoms with van der Waals surface area (Å²) in [5.41, 5.74) is 8.74. The summed E-state index contributed by atoms with van der Waals surface area (Å²) in [4.78, 5) is 16.1. The van der Waals surface area contributed by atoms with Crippen molar-refractivity contribution in [3.05, 3.63) is 65.9 Å². The van der Waals surface area contributed by atoms with Crippen LogP contribution in [-0.2, 0) is 0 Å². The fraction of sp³-hybridized carbons (Fsp3) is 0.238. The minimum Gasteiger partial charge on any atom is -0.497 e. The molecule has 2 unspecified atom stereocenters. The number of nitrogens with two attached hydrogens (primary N) is 1. The standard InChI is InChI=1S/C21H22N4O2/c1-27-14-5-2-4-13(10-14)17-11-23-12-19(17)25-18-8-9-24-20-15(18)6-3-7-16(20)21(22)26/h2-10,17,19,23H,11-12H2,1H3,(H2,22,26)(H,24,25). The number of nitrogens with one attached hydrogen (secondary N) is 2. The number of para-hydroxylation sites is 1. The van der Waals surface area contributed by atoms with E-state index in [-0.39, 0.29) is 6.04 Å². The molecule has 0 aliphatic carbocycles. The molecule has 0 spiro atoms. The summed E-state index contributed by atoms with van der Waals surface area (Å²) < 4.78 is 5.37. The molecule has 0 saturated carbocycles. The van der Waals surface area contributed by atoms with E-state index < -0.39 is 5.91 Å². The zero-order chi connectivity index (χ0) is 18.8. The number of rotatable bonds is 5. The lowest BCUT2D eigenvalue weighted by Crippen LogP contribution is -2.27. The van der Waals surface area contributed by atoms with Crippen LogP contribution in [0.4, 0.5) is 5.69 Å². The lowest BCUT2D eigenvalue weighted by atomic mass is 9.93. The predicted octanol–water partition coefficient (Wildman–Crippen LogP) is 2.51. The highest BCUT2D eigenvalue weighted by atomic mass is 16.5. The fourth-order valence-electron chi connectivity index (χ4n) is 3.75. The molecule has 1 aromatic heterocycles. The van der Waals surface area contributed by atoms with Gasteiger partial charge in [-0.25, -0.2) is 0 Å². The van der Waals surface area contributed by atoms with Gasteiger partial charge in [-0.2, -0.15) is 0 Å². The third kappa shape index (κ3) is 3.31. The van der Waals surface area contributed by atoms with Crippen molar-refractivity contribution >= 4 is 22.5 Å². The van der Waals surface area contributed by atoms with Crippen LogP contribution in [0.3, 0.4) is 0 Å². The molecule has 3 aromatic rings. The van der Waals surface area contributed by atoms with E-state index in [2.05, 4.69) is 27.8 Å². The van der Waals surface area contributed by atoms with Gasteiger partial charge >= 0.3 is 0 Å². The van der Waals surface area contributed by atoms with Crippen LogP contribution in [-0.4, -0.2) is 37.1 Å². The molecule has 1 saturated heterocycles. The highest BCUT2D eigenvalue weighted by molar-refractivity contribution is 6.07. The molecule has 6 nitrogen and oxygen atoms in total. The van der Waals surface area contributed by atoms with Crippen LogP contribution in [0.2, 0.25) is 0 Å². The number of fused-ring (bicyclic) bond motifs is 1. The average Bonchev–Trinajstić information content (AvgIpc) is 3.16. The van der Waals surface area contributed by atoms with Crippen molar-refractivity contribution in [2.45, 2.75) is 12.0 Å². The van der Waals surface area contributed by atoms with Crippen LogP contribution in [0, 0.1) is 0 Å². The highest BCUT2D eigenvalue weighted by Gasteiger charge is 2.29. The maximum atomic E-state index is 11.7. The molecule has 27 heavy (non-hydrogen) atoms. The quantitative estimate of drug-likeness (QED) is 0.649. The molecule has 1 amide bonds. The number of primary amides is 1. The molecule has 2 heterocycles. The van der Waals surface area contributed by atoms with Gasteiger partial charge in [-0.1, -0.05) is 24.3 Å². The van der Waals surface area contributed by atoms with Gasteiger partial charge < -0.3 is 21.1 Å². The van der Waals surface area contributed by atoms with Gasteiger partial charge in [-0.05, 0) is 29.8 Å². The van der Waals surface area contributed by atoms with Crippen LogP contribution in [0.1, 0.15) is 21.8 Å². The molecule has 1 aliphatic heterocycles. The van der Waals surface area contributed by atoms with E-state index in [9.17, 15) is 4.79 Å². The van der Waals surface area contributed by atoms with Gasteiger partial charge in [0.2, 0.25) is 0 Å². The van der Waals surface area contributed by atoms with Gasteiger partial charge in [0, 0.05) is 42.3 Å². The van der Waals surface area contributed by atoms with E-state index >= 15 is 0 Å². The third-order valence-electron chi connectivity index (χ3n) is 5.11. The minimum absolute atomic E-state index is 0.208. The monoisotopic (exact) mass is 362 g/mol. The predicted molar refractivity (Wildman–Crippen MR) is 106 cm³/mol.